The van der Waals surface area contributed by atoms with Gasteiger partial charge >= 0.3 is 5.97 Å². The Hall–Kier alpha value is -2.61. The van der Waals surface area contributed by atoms with Crippen LogP contribution in [0.25, 0.3) is 0 Å². The number of hydrogen-bond acceptors (Lipinski definition) is 5. The molecule has 1 saturated heterocycles. The maximum Gasteiger partial charge on any atom is 0.311 e. The molecule has 2 rings (SSSR count). The van der Waals surface area contributed by atoms with Gasteiger partial charge in [-0.25, -0.2) is 0 Å². The van der Waals surface area contributed by atoms with Gasteiger partial charge in [0, 0.05) is 38.6 Å². The van der Waals surface area contributed by atoms with E-state index < -0.39 is 24.4 Å². The largest absolute Gasteiger partial charge is 0.455 e. The lowest BCUT2D eigenvalue weighted by Gasteiger charge is -2.18. The first-order valence-electron chi connectivity index (χ1n) is 8.44. The van der Waals surface area contributed by atoms with E-state index in [1.807, 2.05) is 12.1 Å². The summed E-state index contributed by atoms with van der Waals surface area (Å²) in [6.07, 6.45) is 0.0333. The predicted octanol–water partition coefficient (Wildman–Crippen LogP) is 0.436. The van der Waals surface area contributed by atoms with Gasteiger partial charge in [0.2, 0.25) is 11.8 Å². The van der Waals surface area contributed by atoms with Crippen molar-refractivity contribution in [2.75, 3.05) is 33.8 Å². The molecule has 0 saturated carbocycles. The number of benzene rings is 1. The molecule has 3 amide bonds. The fourth-order valence-electron chi connectivity index (χ4n) is 2.66. The van der Waals surface area contributed by atoms with Gasteiger partial charge in [-0.05, 0) is 11.6 Å². The van der Waals surface area contributed by atoms with Crippen molar-refractivity contribution < 1.29 is 23.9 Å². The van der Waals surface area contributed by atoms with Crippen LogP contribution in [0.15, 0.2) is 24.3 Å². The van der Waals surface area contributed by atoms with Gasteiger partial charge in [-0.3, -0.25) is 19.2 Å². The van der Waals surface area contributed by atoms with Gasteiger partial charge in [0.05, 0.1) is 12.5 Å². The number of carbonyl (C=O) groups is 4. The van der Waals surface area contributed by atoms with E-state index in [0.717, 1.165) is 10.5 Å². The minimum atomic E-state index is -0.628. The lowest BCUT2D eigenvalue weighted by molar-refractivity contribution is -0.155. The number of likely N-dealkylation sites (N-methyl/N-ethyl adjacent to an activating group) is 2. The summed E-state index contributed by atoms with van der Waals surface area (Å²) in [7, 11) is 2.90. The summed E-state index contributed by atoms with van der Waals surface area (Å²) < 4.78 is 5.03. The summed E-state index contributed by atoms with van der Waals surface area (Å²) in [5, 5.41) is 2.96. The summed E-state index contributed by atoms with van der Waals surface area (Å²) in [5.41, 5.74) is 0.799. The molecule has 1 fully saturated rings. The third kappa shape index (κ3) is 5.68. The van der Waals surface area contributed by atoms with Crippen molar-refractivity contribution in [3.63, 3.8) is 0 Å². The molecule has 9 heteroatoms. The number of esters is 1. The molecule has 1 aliphatic rings. The first kappa shape index (κ1) is 20.7. The van der Waals surface area contributed by atoms with E-state index in [2.05, 4.69) is 5.32 Å². The number of amides is 3. The third-order valence-electron chi connectivity index (χ3n) is 4.29. The Morgan fingerprint density at radius 1 is 1.33 bits per heavy atom. The second-order valence-corrected chi connectivity index (χ2v) is 6.70. The topological polar surface area (TPSA) is 96.0 Å². The maximum absolute atomic E-state index is 12.2. The third-order valence-corrected chi connectivity index (χ3v) is 4.66. The highest BCUT2D eigenvalue weighted by Crippen LogP contribution is 2.24. The standard InChI is InChI=1S/C18H22ClN3O5/c1-20-15(23)10-21(2)17(25)11-27-18(26)13-7-16(24)22(9-13)8-12-5-3-4-6-14(12)19/h3-6,13H,7-11H2,1-2H3,(H,20,23)/t13-/m1/s1. The number of ether oxygens (including phenoxy) is 1. The molecule has 146 valence electrons. The molecule has 0 aromatic heterocycles. The van der Waals surface area contributed by atoms with Crippen LogP contribution in [0.1, 0.15) is 12.0 Å². The second-order valence-electron chi connectivity index (χ2n) is 6.30. The van der Waals surface area contributed by atoms with E-state index in [0.29, 0.717) is 11.6 Å². The molecule has 0 bridgehead atoms. The van der Waals surface area contributed by atoms with E-state index >= 15 is 0 Å². The zero-order valence-corrected chi connectivity index (χ0v) is 16.0. The SMILES string of the molecule is CNC(=O)CN(C)C(=O)COC(=O)[C@@H]1CC(=O)N(Cc2ccccc2Cl)C1. The first-order chi connectivity index (χ1) is 12.8. The predicted molar refractivity (Wildman–Crippen MR) is 97.6 cm³/mol. The minimum absolute atomic E-state index is 0.0333. The highest BCUT2D eigenvalue weighted by atomic mass is 35.5. The fourth-order valence-corrected chi connectivity index (χ4v) is 2.85. The van der Waals surface area contributed by atoms with Crippen molar-refractivity contribution in [3.8, 4) is 0 Å². The van der Waals surface area contributed by atoms with Crippen LogP contribution in [0, 0.1) is 5.92 Å². The Bertz CT molecular complexity index is 739. The molecule has 1 aromatic carbocycles. The normalized spacial score (nSPS) is 16.2. The van der Waals surface area contributed by atoms with Crippen molar-refractivity contribution in [3.05, 3.63) is 34.9 Å². The Labute approximate surface area is 162 Å². The van der Waals surface area contributed by atoms with Gasteiger partial charge in [-0.2, -0.15) is 0 Å². The van der Waals surface area contributed by atoms with Crippen molar-refractivity contribution in [2.24, 2.45) is 5.92 Å². The maximum atomic E-state index is 12.2. The van der Waals surface area contributed by atoms with E-state index in [1.54, 1.807) is 17.0 Å². The van der Waals surface area contributed by atoms with Gasteiger partial charge in [0.15, 0.2) is 6.61 Å². The van der Waals surface area contributed by atoms with Crippen LogP contribution in [-0.2, 0) is 30.5 Å². The Balaban J connectivity index is 1.84. The van der Waals surface area contributed by atoms with Crippen molar-refractivity contribution in [2.45, 2.75) is 13.0 Å². The monoisotopic (exact) mass is 395 g/mol. The summed E-state index contributed by atoms with van der Waals surface area (Å²) >= 11 is 6.11. The molecule has 1 aromatic rings. The Kier molecular flexibility index (Phi) is 7.18. The van der Waals surface area contributed by atoms with Crippen LogP contribution in [0.3, 0.4) is 0 Å². The second kappa shape index (κ2) is 9.36. The van der Waals surface area contributed by atoms with E-state index in [4.69, 9.17) is 16.3 Å². The molecular weight excluding hydrogens is 374 g/mol. The van der Waals surface area contributed by atoms with E-state index in [-0.39, 0.29) is 31.3 Å². The van der Waals surface area contributed by atoms with Crippen LogP contribution in [-0.4, -0.2) is 67.3 Å². The molecule has 27 heavy (non-hydrogen) atoms. The van der Waals surface area contributed by atoms with Crippen LogP contribution in [0.2, 0.25) is 5.02 Å². The molecule has 0 spiro atoms. The summed E-state index contributed by atoms with van der Waals surface area (Å²) in [6, 6.07) is 7.19. The molecule has 1 heterocycles. The molecule has 0 unspecified atom stereocenters. The van der Waals surface area contributed by atoms with Crippen LogP contribution in [0.4, 0.5) is 0 Å². The summed E-state index contributed by atoms with van der Waals surface area (Å²) in [6.45, 7) is -0.0663. The molecule has 0 aliphatic carbocycles. The number of nitrogens with one attached hydrogen (secondary N) is 1. The highest BCUT2D eigenvalue weighted by Gasteiger charge is 2.35. The fraction of sp³-hybridized carbons (Fsp3) is 0.444. The number of halogens is 1. The number of rotatable bonds is 7. The lowest BCUT2D eigenvalue weighted by atomic mass is 10.1. The smallest absolute Gasteiger partial charge is 0.311 e. The van der Waals surface area contributed by atoms with E-state index in [1.165, 1.54) is 14.1 Å². The summed E-state index contributed by atoms with van der Waals surface area (Å²) in [5.74, 6) is -2.22. The highest BCUT2D eigenvalue weighted by molar-refractivity contribution is 6.31. The van der Waals surface area contributed by atoms with Crippen LogP contribution < -0.4 is 5.32 Å². The zero-order chi connectivity index (χ0) is 20.0. The number of likely N-dealkylation sites (tertiary alicyclic amines) is 1. The Morgan fingerprint density at radius 3 is 2.70 bits per heavy atom. The molecule has 1 N–H and O–H groups in total. The number of hydrogen-bond donors (Lipinski definition) is 1. The van der Waals surface area contributed by atoms with Gasteiger partial charge in [0.25, 0.3) is 5.91 Å². The van der Waals surface area contributed by atoms with Crippen molar-refractivity contribution in [1.82, 2.24) is 15.1 Å². The Morgan fingerprint density at radius 2 is 2.04 bits per heavy atom. The molecule has 8 nitrogen and oxygen atoms in total. The van der Waals surface area contributed by atoms with Gasteiger partial charge in [0.1, 0.15) is 0 Å². The number of carbonyl (C=O) groups excluding carboxylic acids is 4. The average Bonchev–Trinajstić information content (AvgIpc) is 3.01. The van der Waals surface area contributed by atoms with Crippen LogP contribution >= 0.6 is 11.6 Å². The average molecular weight is 396 g/mol. The zero-order valence-electron chi connectivity index (χ0n) is 15.2. The van der Waals surface area contributed by atoms with E-state index in [9.17, 15) is 19.2 Å². The molecule has 1 atom stereocenters. The molecule has 0 radical (unpaired) electrons. The molecular formula is C18H22ClN3O5. The van der Waals surface area contributed by atoms with Gasteiger partial charge < -0.3 is 19.9 Å². The van der Waals surface area contributed by atoms with Crippen molar-refractivity contribution in [1.29, 1.82) is 0 Å². The lowest BCUT2D eigenvalue weighted by Crippen LogP contribution is -2.39. The van der Waals surface area contributed by atoms with Gasteiger partial charge in [-0.15, -0.1) is 0 Å². The minimum Gasteiger partial charge on any atom is -0.455 e. The van der Waals surface area contributed by atoms with Crippen molar-refractivity contribution >= 4 is 35.3 Å². The van der Waals surface area contributed by atoms with Crippen LogP contribution in [0.5, 0.6) is 0 Å². The first-order valence-corrected chi connectivity index (χ1v) is 8.82. The number of nitrogens with zero attached hydrogens (tertiary/aromatic N) is 2. The van der Waals surface area contributed by atoms with Gasteiger partial charge in [-0.1, -0.05) is 29.8 Å². The molecule has 1 aliphatic heterocycles. The summed E-state index contributed by atoms with van der Waals surface area (Å²) in [4.78, 5) is 50.2. The quantitative estimate of drug-likeness (QED) is 0.676.